The van der Waals surface area contributed by atoms with Gasteiger partial charge in [0, 0.05) is 0 Å². The summed E-state index contributed by atoms with van der Waals surface area (Å²) in [6.45, 7) is 4.73. The Balaban J connectivity index is 1.90. The highest BCUT2D eigenvalue weighted by Crippen LogP contribution is 2.25. The molecule has 3 nitrogen and oxygen atoms in total. The number of ether oxygens (including phenoxy) is 1. The van der Waals surface area contributed by atoms with Crippen LogP contribution >= 0.6 is 11.6 Å². The van der Waals surface area contributed by atoms with Gasteiger partial charge in [-0.1, -0.05) is 49.7 Å². The summed E-state index contributed by atoms with van der Waals surface area (Å²) < 4.78 is 19.3. The van der Waals surface area contributed by atoms with Gasteiger partial charge in [0.05, 0.1) is 17.1 Å². The molecule has 0 saturated heterocycles. The molecule has 0 aliphatic carbocycles. The fourth-order valence-corrected chi connectivity index (χ4v) is 2.47. The van der Waals surface area contributed by atoms with Crippen molar-refractivity contribution in [2.24, 2.45) is 0 Å². The fraction of sp³-hybridized carbons (Fsp3) is 0.278. The highest BCUT2D eigenvalue weighted by atomic mass is 35.5. The van der Waals surface area contributed by atoms with Gasteiger partial charge in [0.1, 0.15) is 18.2 Å². The first-order chi connectivity index (χ1) is 11.0. The van der Waals surface area contributed by atoms with Crippen LogP contribution in [-0.2, 0) is 0 Å². The molecule has 0 aromatic heterocycles. The predicted molar refractivity (Wildman–Crippen MR) is 89.8 cm³/mol. The van der Waals surface area contributed by atoms with E-state index in [-0.39, 0.29) is 17.1 Å². The first-order valence-corrected chi connectivity index (χ1v) is 7.82. The Morgan fingerprint density at radius 1 is 1.22 bits per heavy atom. The molecular formula is C18H19ClFNO2. The van der Waals surface area contributed by atoms with Crippen LogP contribution in [0, 0.1) is 5.82 Å². The summed E-state index contributed by atoms with van der Waals surface area (Å²) in [5, 5.41) is 2.70. The first-order valence-electron chi connectivity index (χ1n) is 7.44. The molecule has 0 spiro atoms. The molecule has 0 saturated carbocycles. The Hall–Kier alpha value is -2.07. The zero-order valence-corrected chi connectivity index (χ0v) is 13.9. The van der Waals surface area contributed by atoms with Gasteiger partial charge in [-0.25, -0.2) is 4.39 Å². The van der Waals surface area contributed by atoms with Crippen LogP contribution in [0.15, 0.2) is 42.5 Å². The quantitative estimate of drug-likeness (QED) is 0.794. The molecule has 0 atom stereocenters. The number of para-hydroxylation sites is 1. The van der Waals surface area contributed by atoms with Crippen molar-refractivity contribution in [3.05, 3.63) is 64.4 Å². The Morgan fingerprint density at radius 3 is 2.65 bits per heavy atom. The summed E-state index contributed by atoms with van der Waals surface area (Å²) >= 11 is 5.86. The van der Waals surface area contributed by atoms with E-state index in [2.05, 4.69) is 19.2 Å². The highest BCUT2D eigenvalue weighted by Gasteiger charge is 2.15. The number of hydrogen-bond donors (Lipinski definition) is 1. The molecule has 0 fully saturated rings. The van der Waals surface area contributed by atoms with Crippen LogP contribution in [0.2, 0.25) is 5.02 Å². The van der Waals surface area contributed by atoms with Crippen LogP contribution in [0.3, 0.4) is 0 Å². The Morgan fingerprint density at radius 2 is 1.96 bits per heavy atom. The van der Waals surface area contributed by atoms with Crippen LogP contribution < -0.4 is 10.1 Å². The van der Waals surface area contributed by atoms with Crippen LogP contribution in [0.1, 0.15) is 35.7 Å². The van der Waals surface area contributed by atoms with E-state index < -0.39 is 11.7 Å². The zero-order chi connectivity index (χ0) is 16.8. The van der Waals surface area contributed by atoms with E-state index in [1.54, 1.807) is 0 Å². The number of carbonyl (C=O) groups excluding carboxylic acids is 1. The van der Waals surface area contributed by atoms with Crippen molar-refractivity contribution in [3.63, 3.8) is 0 Å². The van der Waals surface area contributed by atoms with Crippen molar-refractivity contribution in [2.45, 2.75) is 19.8 Å². The molecule has 0 radical (unpaired) electrons. The van der Waals surface area contributed by atoms with Crippen molar-refractivity contribution in [1.82, 2.24) is 5.32 Å². The third-order valence-corrected chi connectivity index (χ3v) is 3.69. The molecule has 0 aliphatic rings. The highest BCUT2D eigenvalue weighted by molar-refractivity contribution is 6.33. The Labute approximate surface area is 140 Å². The normalized spacial score (nSPS) is 10.7. The van der Waals surface area contributed by atoms with Crippen molar-refractivity contribution >= 4 is 17.5 Å². The SMILES string of the molecule is CC(C)c1ccccc1OCCNC(=O)c1c(F)cccc1Cl. The Kier molecular flexibility index (Phi) is 5.99. The average Bonchev–Trinajstić information content (AvgIpc) is 2.51. The number of nitrogens with one attached hydrogen (secondary N) is 1. The second-order valence-electron chi connectivity index (χ2n) is 5.39. The van der Waals surface area contributed by atoms with Gasteiger partial charge in [-0.3, -0.25) is 4.79 Å². The van der Waals surface area contributed by atoms with E-state index in [0.29, 0.717) is 12.5 Å². The van der Waals surface area contributed by atoms with Gasteiger partial charge in [-0.15, -0.1) is 0 Å². The van der Waals surface area contributed by atoms with Crippen LogP contribution in [-0.4, -0.2) is 19.1 Å². The summed E-state index contributed by atoms with van der Waals surface area (Å²) in [5.74, 6) is -0.0476. The Bertz CT molecular complexity index is 668. The lowest BCUT2D eigenvalue weighted by atomic mass is 10.0. The van der Waals surface area contributed by atoms with Gasteiger partial charge in [-0.05, 0) is 29.7 Å². The van der Waals surface area contributed by atoms with Gasteiger partial charge in [-0.2, -0.15) is 0 Å². The topological polar surface area (TPSA) is 38.3 Å². The van der Waals surface area contributed by atoms with Crippen LogP contribution in [0.5, 0.6) is 5.75 Å². The van der Waals surface area contributed by atoms with Gasteiger partial charge in [0.25, 0.3) is 5.91 Å². The number of amides is 1. The average molecular weight is 336 g/mol. The maximum absolute atomic E-state index is 13.6. The van der Waals surface area contributed by atoms with Crippen LogP contribution in [0.4, 0.5) is 4.39 Å². The molecule has 0 heterocycles. The van der Waals surface area contributed by atoms with Crippen molar-refractivity contribution in [3.8, 4) is 5.75 Å². The summed E-state index contributed by atoms with van der Waals surface area (Å²) in [6.07, 6.45) is 0. The minimum absolute atomic E-state index is 0.0913. The lowest BCUT2D eigenvalue weighted by Crippen LogP contribution is -2.29. The molecule has 0 unspecified atom stereocenters. The largest absolute Gasteiger partial charge is 0.491 e. The standard InChI is InChI=1S/C18H19ClFNO2/c1-12(2)13-6-3-4-9-16(13)23-11-10-21-18(22)17-14(19)7-5-8-15(17)20/h3-9,12H,10-11H2,1-2H3,(H,21,22). The van der Waals surface area contributed by atoms with Gasteiger partial charge >= 0.3 is 0 Å². The van der Waals surface area contributed by atoms with E-state index in [4.69, 9.17) is 16.3 Å². The predicted octanol–water partition coefficient (Wildman–Crippen LogP) is 4.41. The third-order valence-electron chi connectivity index (χ3n) is 3.38. The zero-order valence-electron chi connectivity index (χ0n) is 13.1. The number of halogens is 2. The van der Waals surface area contributed by atoms with Gasteiger partial charge < -0.3 is 10.1 Å². The van der Waals surface area contributed by atoms with E-state index in [9.17, 15) is 9.18 Å². The first kappa shape index (κ1) is 17.3. The van der Waals surface area contributed by atoms with Crippen molar-refractivity contribution in [2.75, 3.05) is 13.2 Å². The minimum atomic E-state index is -0.638. The summed E-state index contributed by atoms with van der Waals surface area (Å²) in [7, 11) is 0. The number of hydrogen-bond acceptors (Lipinski definition) is 2. The second-order valence-corrected chi connectivity index (χ2v) is 5.80. The minimum Gasteiger partial charge on any atom is -0.491 e. The molecule has 1 amide bonds. The molecule has 0 aliphatic heterocycles. The maximum atomic E-state index is 13.6. The third kappa shape index (κ3) is 4.45. The second kappa shape index (κ2) is 7.97. The monoisotopic (exact) mass is 335 g/mol. The lowest BCUT2D eigenvalue weighted by Gasteiger charge is -2.14. The number of benzene rings is 2. The fourth-order valence-electron chi connectivity index (χ4n) is 2.22. The van der Waals surface area contributed by atoms with Gasteiger partial charge in [0.15, 0.2) is 0 Å². The van der Waals surface area contributed by atoms with Crippen molar-refractivity contribution in [1.29, 1.82) is 0 Å². The molecule has 5 heteroatoms. The molecule has 2 aromatic carbocycles. The van der Waals surface area contributed by atoms with E-state index in [1.807, 2.05) is 24.3 Å². The molecule has 122 valence electrons. The molecular weight excluding hydrogens is 317 g/mol. The van der Waals surface area contributed by atoms with Gasteiger partial charge in [0.2, 0.25) is 0 Å². The lowest BCUT2D eigenvalue weighted by molar-refractivity contribution is 0.0943. The molecule has 23 heavy (non-hydrogen) atoms. The number of carbonyl (C=O) groups is 1. The van der Waals surface area contributed by atoms with Crippen molar-refractivity contribution < 1.29 is 13.9 Å². The van der Waals surface area contributed by atoms with Crippen LogP contribution in [0.25, 0.3) is 0 Å². The molecule has 2 aromatic rings. The van der Waals surface area contributed by atoms with E-state index in [0.717, 1.165) is 11.3 Å². The van der Waals surface area contributed by atoms with E-state index in [1.165, 1.54) is 18.2 Å². The number of rotatable bonds is 6. The maximum Gasteiger partial charge on any atom is 0.255 e. The summed E-state index contributed by atoms with van der Waals surface area (Å²) in [6, 6.07) is 11.9. The smallest absolute Gasteiger partial charge is 0.255 e. The molecule has 0 bridgehead atoms. The van der Waals surface area contributed by atoms with E-state index >= 15 is 0 Å². The summed E-state index contributed by atoms with van der Waals surface area (Å²) in [4.78, 5) is 12.0. The molecule has 1 N–H and O–H groups in total. The summed E-state index contributed by atoms with van der Waals surface area (Å²) in [5.41, 5.74) is 0.965. The molecule has 2 rings (SSSR count).